The minimum absolute atomic E-state index is 0.0797. The van der Waals surface area contributed by atoms with Crippen LogP contribution in [0.25, 0.3) is 0 Å². The van der Waals surface area contributed by atoms with E-state index in [0.717, 1.165) is 16.9 Å². The zero-order valence-electron chi connectivity index (χ0n) is 14.4. The summed E-state index contributed by atoms with van der Waals surface area (Å²) in [4.78, 5) is 16.7. The molecule has 2 aromatic carbocycles. The van der Waals surface area contributed by atoms with E-state index in [9.17, 15) is 4.79 Å². The number of rotatable bonds is 5. The Hall–Kier alpha value is -3.14. The molecule has 1 amide bonds. The van der Waals surface area contributed by atoms with Gasteiger partial charge in [-0.2, -0.15) is 0 Å². The van der Waals surface area contributed by atoms with E-state index in [1.807, 2.05) is 68.4 Å². The van der Waals surface area contributed by atoms with E-state index in [1.54, 1.807) is 12.3 Å². The lowest BCUT2D eigenvalue weighted by Gasteiger charge is -2.14. The first-order valence-electron chi connectivity index (χ1n) is 8.27. The Bertz CT molecular complexity index is 862. The molecule has 3 aromatic rings. The summed E-state index contributed by atoms with van der Waals surface area (Å²) in [5.41, 5.74) is 4.44. The first kappa shape index (κ1) is 16.7. The predicted molar refractivity (Wildman–Crippen MR) is 101 cm³/mol. The monoisotopic (exact) mass is 331 g/mol. The molecule has 4 heteroatoms. The maximum Gasteiger partial charge on any atom is 0.270 e. The van der Waals surface area contributed by atoms with Gasteiger partial charge >= 0.3 is 0 Å². The van der Waals surface area contributed by atoms with Crippen molar-refractivity contribution in [2.45, 2.75) is 19.9 Å². The van der Waals surface area contributed by atoms with Gasteiger partial charge in [0.1, 0.15) is 5.69 Å². The molecule has 0 saturated heterocycles. The van der Waals surface area contributed by atoms with E-state index >= 15 is 0 Å². The molecule has 2 N–H and O–H groups in total. The SMILES string of the molecule is Cc1cccc(Nc2ccnc(C(=O)NC(C)c3ccccc3)c2)c1. The summed E-state index contributed by atoms with van der Waals surface area (Å²) in [6, 6.07) is 21.5. The molecular formula is C21H21N3O. The maximum absolute atomic E-state index is 12.5. The van der Waals surface area contributed by atoms with E-state index in [0.29, 0.717) is 5.69 Å². The van der Waals surface area contributed by atoms with Crippen LogP contribution in [0.4, 0.5) is 11.4 Å². The molecule has 126 valence electrons. The number of carbonyl (C=O) groups excluding carboxylic acids is 1. The number of hydrogen-bond donors (Lipinski definition) is 2. The van der Waals surface area contributed by atoms with Crippen LogP contribution in [0.5, 0.6) is 0 Å². The molecular weight excluding hydrogens is 310 g/mol. The maximum atomic E-state index is 12.5. The number of hydrogen-bond acceptors (Lipinski definition) is 3. The summed E-state index contributed by atoms with van der Waals surface area (Å²) >= 11 is 0. The zero-order valence-corrected chi connectivity index (χ0v) is 14.4. The van der Waals surface area contributed by atoms with Crippen molar-refractivity contribution < 1.29 is 4.79 Å². The number of aryl methyl sites for hydroxylation is 1. The number of pyridine rings is 1. The van der Waals surface area contributed by atoms with Crippen LogP contribution >= 0.6 is 0 Å². The van der Waals surface area contributed by atoms with Gasteiger partial charge in [0, 0.05) is 17.6 Å². The molecule has 0 spiro atoms. The second-order valence-electron chi connectivity index (χ2n) is 6.03. The van der Waals surface area contributed by atoms with Crippen LogP contribution in [-0.4, -0.2) is 10.9 Å². The Morgan fingerprint density at radius 1 is 0.960 bits per heavy atom. The molecule has 0 aliphatic carbocycles. The molecule has 1 unspecified atom stereocenters. The first-order chi connectivity index (χ1) is 12.1. The third-order valence-corrected chi connectivity index (χ3v) is 3.95. The Balaban J connectivity index is 1.71. The molecule has 0 aliphatic heterocycles. The van der Waals surface area contributed by atoms with Gasteiger partial charge in [0.25, 0.3) is 5.91 Å². The van der Waals surface area contributed by atoms with Gasteiger partial charge in [-0.3, -0.25) is 9.78 Å². The summed E-state index contributed by atoms with van der Waals surface area (Å²) in [5, 5.41) is 6.29. The van der Waals surface area contributed by atoms with Crippen LogP contribution < -0.4 is 10.6 Å². The van der Waals surface area contributed by atoms with Gasteiger partial charge in [-0.05, 0) is 49.2 Å². The molecule has 0 aliphatic rings. The Kier molecular flexibility index (Phi) is 5.09. The molecule has 0 fully saturated rings. The minimum atomic E-state index is -0.191. The molecule has 1 aromatic heterocycles. The normalized spacial score (nSPS) is 11.6. The van der Waals surface area contributed by atoms with E-state index < -0.39 is 0 Å². The van der Waals surface area contributed by atoms with Crippen LogP contribution in [0.2, 0.25) is 0 Å². The lowest BCUT2D eigenvalue weighted by atomic mass is 10.1. The van der Waals surface area contributed by atoms with Crippen molar-refractivity contribution in [3.8, 4) is 0 Å². The van der Waals surface area contributed by atoms with E-state index in [-0.39, 0.29) is 11.9 Å². The van der Waals surface area contributed by atoms with Gasteiger partial charge in [-0.1, -0.05) is 42.5 Å². The molecule has 0 bridgehead atoms. The number of amides is 1. The average molecular weight is 331 g/mol. The van der Waals surface area contributed by atoms with Gasteiger partial charge < -0.3 is 10.6 Å². The van der Waals surface area contributed by atoms with Crippen molar-refractivity contribution in [1.82, 2.24) is 10.3 Å². The van der Waals surface area contributed by atoms with Crippen LogP contribution in [0.3, 0.4) is 0 Å². The Morgan fingerprint density at radius 2 is 1.72 bits per heavy atom. The topological polar surface area (TPSA) is 54.0 Å². The summed E-state index contributed by atoms with van der Waals surface area (Å²) in [6.07, 6.45) is 1.64. The van der Waals surface area contributed by atoms with Crippen LogP contribution in [0.15, 0.2) is 72.9 Å². The van der Waals surface area contributed by atoms with Crippen LogP contribution in [-0.2, 0) is 0 Å². The lowest BCUT2D eigenvalue weighted by Crippen LogP contribution is -2.27. The number of aromatic nitrogens is 1. The van der Waals surface area contributed by atoms with Crippen LogP contribution in [0, 0.1) is 6.92 Å². The van der Waals surface area contributed by atoms with Gasteiger partial charge in [0.15, 0.2) is 0 Å². The van der Waals surface area contributed by atoms with Gasteiger partial charge in [-0.25, -0.2) is 0 Å². The predicted octanol–water partition coefficient (Wildman–Crippen LogP) is 4.62. The molecule has 0 radical (unpaired) electrons. The second kappa shape index (κ2) is 7.62. The molecule has 1 heterocycles. The van der Waals surface area contributed by atoms with Crippen molar-refractivity contribution in [2.24, 2.45) is 0 Å². The Labute approximate surface area is 147 Å². The highest BCUT2D eigenvalue weighted by molar-refractivity contribution is 5.93. The van der Waals surface area contributed by atoms with Crippen molar-refractivity contribution in [3.63, 3.8) is 0 Å². The number of carbonyl (C=O) groups is 1. The fourth-order valence-corrected chi connectivity index (χ4v) is 2.62. The number of nitrogens with zero attached hydrogens (tertiary/aromatic N) is 1. The molecule has 25 heavy (non-hydrogen) atoms. The summed E-state index contributed by atoms with van der Waals surface area (Å²) in [6.45, 7) is 4.00. The standard InChI is InChI=1S/C21H21N3O/c1-15-7-6-10-18(13-15)24-19-11-12-22-20(14-19)21(25)23-16(2)17-8-4-3-5-9-17/h3-14,16H,1-2H3,(H,22,24)(H,23,25). The first-order valence-corrected chi connectivity index (χ1v) is 8.27. The number of anilines is 2. The molecule has 3 rings (SSSR count). The van der Waals surface area contributed by atoms with E-state index in [2.05, 4.69) is 21.7 Å². The number of nitrogens with one attached hydrogen (secondary N) is 2. The van der Waals surface area contributed by atoms with E-state index in [1.165, 1.54) is 5.56 Å². The molecule has 1 atom stereocenters. The highest BCUT2D eigenvalue weighted by Gasteiger charge is 2.12. The second-order valence-corrected chi connectivity index (χ2v) is 6.03. The minimum Gasteiger partial charge on any atom is -0.355 e. The highest BCUT2D eigenvalue weighted by atomic mass is 16.1. The summed E-state index contributed by atoms with van der Waals surface area (Å²) < 4.78 is 0. The summed E-state index contributed by atoms with van der Waals surface area (Å²) in [7, 11) is 0. The van der Waals surface area contributed by atoms with E-state index in [4.69, 9.17) is 0 Å². The third-order valence-electron chi connectivity index (χ3n) is 3.95. The van der Waals surface area contributed by atoms with Crippen LogP contribution in [0.1, 0.15) is 34.6 Å². The quantitative estimate of drug-likeness (QED) is 0.717. The number of benzene rings is 2. The van der Waals surface area contributed by atoms with Crippen molar-refractivity contribution >= 4 is 17.3 Å². The molecule has 0 saturated carbocycles. The van der Waals surface area contributed by atoms with Gasteiger partial charge in [-0.15, -0.1) is 0 Å². The van der Waals surface area contributed by atoms with Gasteiger partial charge in [0.2, 0.25) is 0 Å². The third kappa shape index (κ3) is 4.44. The average Bonchev–Trinajstić information content (AvgIpc) is 2.62. The largest absolute Gasteiger partial charge is 0.355 e. The smallest absolute Gasteiger partial charge is 0.270 e. The lowest BCUT2D eigenvalue weighted by molar-refractivity contribution is 0.0935. The highest BCUT2D eigenvalue weighted by Crippen LogP contribution is 2.18. The van der Waals surface area contributed by atoms with Gasteiger partial charge in [0.05, 0.1) is 6.04 Å². The van der Waals surface area contributed by atoms with Crippen molar-refractivity contribution in [3.05, 3.63) is 89.7 Å². The fraction of sp³-hybridized carbons (Fsp3) is 0.143. The zero-order chi connectivity index (χ0) is 17.6. The van der Waals surface area contributed by atoms with Crippen molar-refractivity contribution in [1.29, 1.82) is 0 Å². The fourth-order valence-electron chi connectivity index (χ4n) is 2.62. The Morgan fingerprint density at radius 3 is 2.48 bits per heavy atom. The molecule has 4 nitrogen and oxygen atoms in total. The van der Waals surface area contributed by atoms with Crippen molar-refractivity contribution in [2.75, 3.05) is 5.32 Å². The summed E-state index contributed by atoms with van der Waals surface area (Å²) in [5.74, 6) is -0.191.